The monoisotopic (exact) mass is 936 g/mol. The molecule has 0 bridgehead atoms. The number of rotatable bonds is 11. The Morgan fingerprint density at radius 1 is 1.00 bits per heavy atom. The molecule has 3 N–H and O–H groups in total. The second-order valence-electron chi connectivity index (χ2n) is 18.9. The normalized spacial score (nSPS) is 25.1. The maximum atomic E-state index is 15.1. The minimum Gasteiger partial charge on any atom is -0.468 e. The lowest BCUT2D eigenvalue weighted by Gasteiger charge is -2.56. The molecule has 4 atom stereocenters. The van der Waals surface area contributed by atoms with Gasteiger partial charge in [-0.3, -0.25) is 19.8 Å². The van der Waals surface area contributed by atoms with E-state index in [9.17, 15) is 23.3 Å². The average Bonchev–Trinajstić information content (AvgIpc) is 4.11. The Hall–Kier alpha value is -5.86. The number of aryl methyl sites for hydroxylation is 1. The van der Waals surface area contributed by atoms with E-state index in [1.807, 2.05) is 29.2 Å². The molecular weight excluding hydrogens is 884 g/mol. The molecule has 1 aliphatic carbocycles. The molecule has 11 rings (SSSR count). The van der Waals surface area contributed by atoms with Gasteiger partial charge in [0.2, 0.25) is 11.7 Å². The zero-order valence-electron chi connectivity index (χ0n) is 37.1. The first-order valence-corrected chi connectivity index (χ1v) is 24.6. The highest BCUT2D eigenvalue weighted by Crippen LogP contribution is 2.54. The Morgan fingerprint density at radius 3 is 2.63 bits per heavy atom. The van der Waals surface area contributed by atoms with Crippen LogP contribution in [0, 0.1) is 22.5 Å². The molecule has 2 aromatic heterocycles. The van der Waals surface area contributed by atoms with Crippen LogP contribution in [0.2, 0.25) is 0 Å². The Labute approximate surface area is 387 Å². The summed E-state index contributed by atoms with van der Waals surface area (Å²) in [6.07, 6.45) is 8.20. The molecule has 6 aliphatic rings. The molecule has 1 amide bonds. The number of nitro benzene ring substituents is 1. The zero-order valence-corrected chi connectivity index (χ0v) is 37.9. The summed E-state index contributed by atoms with van der Waals surface area (Å²) < 4.78 is 68.0. The number of H-pyrrole nitrogens is 1. The number of likely N-dealkylation sites (tertiary alicyclic amines) is 1. The summed E-state index contributed by atoms with van der Waals surface area (Å²) in [4.78, 5) is 40.4. The van der Waals surface area contributed by atoms with Crippen LogP contribution < -0.4 is 24.6 Å². The lowest BCUT2D eigenvalue weighted by Crippen LogP contribution is -2.55. The molecule has 7 heterocycles. The number of halogens is 1. The van der Waals surface area contributed by atoms with Gasteiger partial charge in [-0.05, 0) is 111 Å². The number of carbonyl (C=O) groups is 1. The molecule has 17 nitrogen and oxygen atoms in total. The van der Waals surface area contributed by atoms with Crippen molar-refractivity contribution in [3.05, 3.63) is 106 Å². The number of amides is 1. The highest BCUT2D eigenvalue weighted by Gasteiger charge is 2.50. The maximum absolute atomic E-state index is 15.1. The third-order valence-corrected chi connectivity index (χ3v) is 16.1. The number of alkyl halides is 1. The smallest absolute Gasteiger partial charge is 0.293 e. The van der Waals surface area contributed by atoms with Crippen molar-refractivity contribution in [3.63, 3.8) is 0 Å². The minimum absolute atomic E-state index is 0.0108. The predicted molar refractivity (Wildman–Crippen MR) is 247 cm³/mol. The molecule has 1 saturated carbocycles. The van der Waals surface area contributed by atoms with Crippen LogP contribution >= 0.6 is 0 Å². The van der Waals surface area contributed by atoms with Gasteiger partial charge in [0.05, 0.1) is 60.1 Å². The van der Waals surface area contributed by atoms with Gasteiger partial charge in [0.25, 0.3) is 21.6 Å². The van der Waals surface area contributed by atoms with Gasteiger partial charge < -0.3 is 39.0 Å². The number of piperidine rings is 1. The number of nitrogens with one attached hydrogen (secondary N) is 3. The SMILES string of the molecule is Cc1ccccc1[C@@H]1CCCN1C1CC2(CCN(c3ccc(C(=O)NS(=O)(=O)c4ccc(NC[C@@]5(F)COCCO5)c([N+](=O)[O-])c4)c(N4c5cc6cc[nH]c6nc5O[C@@H]5COC[C@H]54)c3)CC2)C1. The summed E-state index contributed by atoms with van der Waals surface area (Å²) in [5.74, 6) is -2.83. The van der Waals surface area contributed by atoms with E-state index in [4.69, 9.17) is 23.9 Å². The first kappa shape index (κ1) is 43.7. The number of hydrogen-bond donors (Lipinski definition) is 3. The van der Waals surface area contributed by atoms with Gasteiger partial charge in [0, 0.05) is 48.5 Å². The van der Waals surface area contributed by atoms with E-state index in [0.29, 0.717) is 35.0 Å². The number of hydrogen-bond acceptors (Lipinski definition) is 14. The number of nitro groups is 1. The van der Waals surface area contributed by atoms with E-state index >= 15 is 4.39 Å². The first-order chi connectivity index (χ1) is 32.4. The molecule has 67 heavy (non-hydrogen) atoms. The van der Waals surface area contributed by atoms with E-state index in [0.717, 1.165) is 61.7 Å². The third kappa shape index (κ3) is 8.13. The van der Waals surface area contributed by atoms with E-state index in [1.165, 1.54) is 36.8 Å². The standard InChI is InChI=1S/C48H53FN8O9S/c1-30-5-2-3-6-35(30)38-7-4-16-55(38)33-24-47(25-33)13-17-54(18-14-47)32-8-10-36(39(22-32)56-41-21-31-12-15-50-44(31)52-46(41)66-43-27-64-26-42(43)56)45(58)53-67(61,62)34-9-11-37(40(23-34)57(59)60)51-28-48(49)29-63-19-20-65-48/h2-3,5-6,8-12,15,21-23,33,38,42-43,51H,4,7,13-14,16-20,24-29H2,1H3,(H,50,52)(H,53,58)/t38-,42+,43+,48-/m0/s1. The predicted octanol–water partition coefficient (Wildman–Crippen LogP) is 6.91. The highest BCUT2D eigenvalue weighted by atomic mass is 32.2. The molecule has 19 heteroatoms. The number of aromatic nitrogens is 2. The molecule has 1 spiro atoms. The van der Waals surface area contributed by atoms with Crippen LogP contribution in [-0.4, -0.2) is 117 Å². The van der Waals surface area contributed by atoms with Gasteiger partial charge in [-0.2, -0.15) is 4.98 Å². The number of sulfonamides is 1. The second kappa shape index (κ2) is 17.0. The van der Waals surface area contributed by atoms with Crippen LogP contribution in [0.3, 0.4) is 0 Å². The summed E-state index contributed by atoms with van der Waals surface area (Å²) in [7, 11) is -4.70. The molecule has 4 saturated heterocycles. The van der Waals surface area contributed by atoms with Crippen molar-refractivity contribution in [2.75, 3.05) is 74.3 Å². The first-order valence-electron chi connectivity index (χ1n) is 23.1. The zero-order chi connectivity index (χ0) is 46.1. The topological polar surface area (TPSA) is 194 Å². The van der Waals surface area contributed by atoms with Gasteiger partial charge in [0.1, 0.15) is 29.7 Å². The maximum Gasteiger partial charge on any atom is 0.293 e. The van der Waals surface area contributed by atoms with E-state index in [1.54, 1.807) is 12.3 Å². The van der Waals surface area contributed by atoms with Crippen LogP contribution in [0.5, 0.6) is 5.88 Å². The average molecular weight is 937 g/mol. The highest BCUT2D eigenvalue weighted by molar-refractivity contribution is 7.90. The molecule has 5 aliphatic heterocycles. The van der Waals surface area contributed by atoms with Crippen LogP contribution in [0.15, 0.2) is 83.9 Å². The number of pyridine rings is 1. The Balaban J connectivity index is 0.872. The molecular formula is C48H53FN8O9S. The fraction of sp³-hybridized carbons (Fsp3) is 0.458. The molecule has 5 fully saturated rings. The summed E-state index contributed by atoms with van der Waals surface area (Å²) in [5, 5.41) is 15.7. The number of fused-ring (bicyclic) bond motifs is 3. The summed E-state index contributed by atoms with van der Waals surface area (Å²) in [6.45, 7) is 4.94. The third-order valence-electron chi connectivity index (χ3n) is 14.8. The fourth-order valence-electron chi connectivity index (χ4n) is 11.3. The second-order valence-corrected chi connectivity index (χ2v) is 20.6. The van der Waals surface area contributed by atoms with Crippen LogP contribution in [-0.2, 0) is 24.2 Å². The van der Waals surface area contributed by atoms with Crippen molar-refractivity contribution in [1.82, 2.24) is 19.6 Å². The Kier molecular flexibility index (Phi) is 11.1. The summed E-state index contributed by atoms with van der Waals surface area (Å²) in [5.41, 5.74) is 4.92. The van der Waals surface area contributed by atoms with E-state index in [2.05, 4.69) is 56.0 Å². The van der Waals surface area contributed by atoms with Crippen LogP contribution in [0.1, 0.15) is 66.1 Å². The van der Waals surface area contributed by atoms with Crippen molar-refractivity contribution < 1.29 is 41.5 Å². The van der Waals surface area contributed by atoms with Gasteiger partial charge in [-0.15, -0.1) is 0 Å². The Morgan fingerprint density at radius 2 is 1.84 bits per heavy atom. The molecule has 3 aromatic carbocycles. The largest absolute Gasteiger partial charge is 0.468 e. The van der Waals surface area contributed by atoms with Crippen molar-refractivity contribution in [1.29, 1.82) is 0 Å². The fourth-order valence-corrected chi connectivity index (χ4v) is 12.3. The molecule has 0 radical (unpaired) electrons. The van der Waals surface area contributed by atoms with Crippen molar-refractivity contribution >= 4 is 55.4 Å². The number of ether oxygens (including phenoxy) is 4. The van der Waals surface area contributed by atoms with E-state index in [-0.39, 0.29) is 55.7 Å². The summed E-state index contributed by atoms with van der Waals surface area (Å²) in [6, 6.07) is 21.8. The molecule has 0 unspecified atom stereocenters. The Bertz CT molecular complexity index is 2840. The molecule has 352 valence electrons. The summed E-state index contributed by atoms with van der Waals surface area (Å²) >= 11 is 0. The number of benzene rings is 3. The van der Waals surface area contributed by atoms with Gasteiger partial charge >= 0.3 is 0 Å². The van der Waals surface area contributed by atoms with Gasteiger partial charge in [-0.25, -0.2) is 17.5 Å². The number of aromatic amines is 1. The lowest BCUT2D eigenvalue weighted by molar-refractivity contribution is -0.384. The quantitative estimate of drug-likeness (QED) is 0.0914. The van der Waals surface area contributed by atoms with Crippen LogP contribution in [0.25, 0.3) is 11.0 Å². The van der Waals surface area contributed by atoms with Crippen molar-refractivity contribution in [2.24, 2.45) is 5.41 Å². The van der Waals surface area contributed by atoms with Crippen LogP contribution in [0.4, 0.5) is 32.8 Å². The lowest BCUT2D eigenvalue weighted by atomic mass is 9.59. The number of carbonyl (C=O) groups excluding carboxylic acids is 1. The number of nitrogens with zero attached hydrogens (tertiary/aromatic N) is 5. The van der Waals surface area contributed by atoms with Crippen molar-refractivity contribution in [3.8, 4) is 5.88 Å². The number of anilines is 4. The van der Waals surface area contributed by atoms with Gasteiger partial charge in [0.15, 0.2) is 0 Å². The van der Waals surface area contributed by atoms with Crippen molar-refractivity contribution in [2.45, 2.75) is 80.4 Å². The minimum atomic E-state index is -4.70. The molecule has 5 aromatic rings. The van der Waals surface area contributed by atoms with Gasteiger partial charge in [-0.1, -0.05) is 24.3 Å². The van der Waals surface area contributed by atoms with E-state index < -0.39 is 49.9 Å².